The van der Waals surface area contributed by atoms with Crippen LogP contribution in [0.3, 0.4) is 0 Å². The smallest absolute Gasteiger partial charge is 0.244 e. The number of carbonyl (C=O) groups is 2. The number of benzene rings is 2. The van der Waals surface area contributed by atoms with Crippen molar-refractivity contribution < 1.29 is 18.0 Å². The highest BCUT2D eigenvalue weighted by atomic mass is 35.5. The Morgan fingerprint density at radius 3 is 2.15 bits per heavy atom. The molecular weight excluding hydrogens is 462 g/mol. The van der Waals surface area contributed by atoms with E-state index in [1.54, 1.807) is 55.5 Å². The first kappa shape index (κ1) is 26.7. The Morgan fingerprint density at radius 2 is 1.64 bits per heavy atom. The number of amides is 2. The standard InChI is InChI=1S/C24H32ClN3O4S/c1-17-11-13-20(14-12-17)28(33(6,31)32)16-22(29)27(15-19-9-7-8-10-21(19)25)18(2)23(30)26-24(3,4)5/h7-14,18H,15-16H2,1-6H3,(H,26,30). The Kier molecular flexibility index (Phi) is 8.54. The summed E-state index contributed by atoms with van der Waals surface area (Å²) >= 11 is 6.31. The summed E-state index contributed by atoms with van der Waals surface area (Å²) < 4.78 is 26.1. The van der Waals surface area contributed by atoms with Gasteiger partial charge in [-0.15, -0.1) is 0 Å². The van der Waals surface area contributed by atoms with Gasteiger partial charge in [0.2, 0.25) is 21.8 Å². The van der Waals surface area contributed by atoms with Crippen LogP contribution in [0.2, 0.25) is 5.02 Å². The molecule has 0 radical (unpaired) electrons. The van der Waals surface area contributed by atoms with Gasteiger partial charge in [-0.25, -0.2) is 8.42 Å². The van der Waals surface area contributed by atoms with Crippen molar-refractivity contribution in [3.05, 3.63) is 64.7 Å². The summed E-state index contributed by atoms with van der Waals surface area (Å²) in [6, 6.07) is 13.0. The maximum atomic E-state index is 13.5. The molecule has 0 aliphatic rings. The van der Waals surface area contributed by atoms with Gasteiger partial charge in [-0.2, -0.15) is 0 Å². The first-order valence-electron chi connectivity index (χ1n) is 10.6. The summed E-state index contributed by atoms with van der Waals surface area (Å²) in [6.07, 6.45) is 1.05. The molecule has 1 atom stereocenters. The lowest BCUT2D eigenvalue weighted by Gasteiger charge is -2.33. The topological polar surface area (TPSA) is 86.8 Å². The summed E-state index contributed by atoms with van der Waals surface area (Å²) in [5.41, 5.74) is 1.50. The predicted octanol–water partition coefficient (Wildman–Crippen LogP) is 3.75. The van der Waals surface area contributed by atoms with E-state index >= 15 is 0 Å². The van der Waals surface area contributed by atoms with Crippen LogP contribution in [0.5, 0.6) is 0 Å². The van der Waals surface area contributed by atoms with E-state index in [9.17, 15) is 18.0 Å². The van der Waals surface area contributed by atoms with Gasteiger partial charge in [0.1, 0.15) is 12.6 Å². The molecule has 9 heteroatoms. The van der Waals surface area contributed by atoms with Gasteiger partial charge >= 0.3 is 0 Å². The van der Waals surface area contributed by atoms with Crippen LogP contribution in [0.4, 0.5) is 5.69 Å². The van der Waals surface area contributed by atoms with E-state index in [0.29, 0.717) is 16.3 Å². The Hall–Kier alpha value is -2.58. The van der Waals surface area contributed by atoms with Gasteiger partial charge in [-0.1, -0.05) is 47.5 Å². The molecule has 0 aliphatic carbocycles. The Morgan fingerprint density at radius 1 is 1.06 bits per heavy atom. The van der Waals surface area contributed by atoms with Crippen molar-refractivity contribution in [2.75, 3.05) is 17.1 Å². The molecule has 7 nitrogen and oxygen atoms in total. The molecule has 0 fully saturated rings. The number of aryl methyl sites for hydroxylation is 1. The fraction of sp³-hybridized carbons (Fsp3) is 0.417. The molecule has 0 saturated heterocycles. The molecule has 0 aromatic heterocycles. The molecule has 1 N–H and O–H groups in total. The minimum absolute atomic E-state index is 0.0583. The molecule has 2 amide bonds. The van der Waals surface area contributed by atoms with Crippen LogP contribution in [0.25, 0.3) is 0 Å². The number of rotatable bonds is 8. The van der Waals surface area contributed by atoms with Crippen molar-refractivity contribution in [3.8, 4) is 0 Å². The minimum atomic E-state index is -3.76. The molecule has 180 valence electrons. The van der Waals surface area contributed by atoms with Crippen molar-refractivity contribution in [2.45, 2.75) is 52.7 Å². The molecule has 0 heterocycles. The summed E-state index contributed by atoms with van der Waals surface area (Å²) in [6.45, 7) is 8.66. The van der Waals surface area contributed by atoms with Crippen LogP contribution < -0.4 is 9.62 Å². The molecule has 0 saturated carbocycles. The summed E-state index contributed by atoms with van der Waals surface area (Å²) in [5.74, 6) is -0.860. The molecule has 1 unspecified atom stereocenters. The maximum Gasteiger partial charge on any atom is 0.244 e. The molecule has 2 aromatic carbocycles. The predicted molar refractivity (Wildman–Crippen MR) is 133 cm³/mol. The Bertz CT molecular complexity index is 1100. The van der Waals surface area contributed by atoms with E-state index in [4.69, 9.17) is 11.6 Å². The SMILES string of the molecule is Cc1ccc(N(CC(=O)N(Cc2ccccc2Cl)C(C)C(=O)NC(C)(C)C)S(C)(=O)=O)cc1. The van der Waals surface area contributed by atoms with E-state index in [-0.39, 0.29) is 12.5 Å². The third kappa shape index (κ3) is 7.75. The second-order valence-electron chi connectivity index (χ2n) is 9.13. The van der Waals surface area contributed by atoms with Crippen molar-refractivity contribution >= 4 is 39.1 Å². The van der Waals surface area contributed by atoms with E-state index in [1.165, 1.54) is 4.90 Å². The van der Waals surface area contributed by atoms with Crippen LogP contribution in [-0.2, 0) is 26.2 Å². The Balaban J connectivity index is 2.41. The van der Waals surface area contributed by atoms with E-state index in [1.807, 2.05) is 27.7 Å². The van der Waals surface area contributed by atoms with Gasteiger partial charge in [-0.3, -0.25) is 13.9 Å². The van der Waals surface area contributed by atoms with Crippen LogP contribution >= 0.6 is 11.6 Å². The second-order valence-corrected chi connectivity index (χ2v) is 11.4. The highest BCUT2D eigenvalue weighted by Crippen LogP contribution is 2.22. The van der Waals surface area contributed by atoms with Crippen molar-refractivity contribution in [1.29, 1.82) is 0 Å². The summed E-state index contributed by atoms with van der Waals surface area (Å²) in [5, 5.41) is 3.33. The number of hydrogen-bond donors (Lipinski definition) is 1. The average Bonchev–Trinajstić information content (AvgIpc) is 2.69. The maximum absolute atomic E-state index is 13.5. The zero-order valence-electron chi connectivity index (χ0n) is 19.9. The zero-order valence-corrected chi connectivity index (χ0v) is 21.5. The van der Waals surface area contributed by atoms with Gasteiger partial charge in [0.25, 0.3) is 0 Å². The van der Waals surface area contributed by atoms with Crippen molar-refractivity contribution in [3.63, 3.8) is 0 Å². The third-order valence-corrected chi connectivity index (χ3v) is 6.47. The second kappa shape index (κ2) is 10.6. The van der Waals surface area contributed by atoms with Crippen LogP contribution in [0, 0.1) is 6.92 Å². The van der Waals surface area contributed by atoms with E-state index < -0.39 is 34.1 Å². The first-order chi connectivity index (χ1) is 15.2. The van der Waals surface area contributed by atoms with Crippen molar-refractivity contribution in [1.82, 2.24) is 10.2 Å². The average molecular weight is 494 g/mol. The normalized spacial score (nSPS) is 12.7. The number of anilines is 1. The van der Waals surface area contributed by atoms with Gasteiger partial charge in [0.15, 0.2) is 0 Å². The van der Waals surface area contributed by atoms with Crippen LogP contribution in [0.15, 0.2) is 48.5 Å². The monoisotopic (exact) mass is 493 g/mol. The van der Waals surface area contributed by atoms with E-state index in [2.05, 4.69) is 5.32 Å². The molecule has 0 aliphatic heterocycles. The molecule has 2 rings (SSSR count). The molecule has 33 heavy (non-hydrogen) atoms. The van der Waals surface area contributed by atoms with Crippen LogP contribution in [0.1, 0.15) is 38.8 Å². The molecule has 0 spiro atoms. The molecular formula is C24H32ClN3O4S. The highest BCUT2D eigenvalue weighted by Gasteiger charge is 2.31. The quantitative estimate of drug-likeness (QED) is 0.606. The van der Waals surface area contributed by atoms with E-state index in [0.717, 1.165) is 16.1 Å². The first-order valence-corrected chi connectivity index (χ1v) is 12.8. The number of hydrogen-bond acceptors (Lipinski definition) is 4. The van der Waals surface area contributed by atoms with Crippen molar-refractivity contribution in [2.24, 2.45) is 0 Å². The van der Waals surface area contributed by atoms with Gasteiger partial charge in [0.05, 0.1) is 11.9 Å². The largest absolute Gasteiger partial charge is 0.350 e. The lowest BCUT2D eigenvalue weighted by molar-refractivity contribution is -0.140. The van der Waals surface area contributed by atoms with Gasteiger partial charge in [0, 0.05) is 17.1 Å². The third-order valence-electron chi connectivity index (χ3n) is 4.97. The number of halogens is 1. The number of sulfonamides is 1. The molecule has 2 aromatic rings. The minimum Gasteiger partial charge on any atom is -0.350 e. The summed E-state index contributed by atoms with van der Waals surface area (Å²) in [7, 11) is -3.76. The number of nitrogens with zero attached hydrogens (tertiary/aromatic N) is 2. The van der Waals surface area contributed by atoms with Gasteiger partial charge < -0.3 is 10.2 Å². The lowest BCUT2D eigenvalue weighted by atomic mass is 10.1. The number of carbonyl (C=O) groups excluding carboxylic acids is 2. The summed E-state index contributed by atoms with van der Waals surface area (Å²) in [4.78, 5) is 27.7. The highest BCUT2D eigenvalue weighted by molar-refractivity contribution is 7.92. The fourth-order valence-corrected chi connectivity index (χ4v) is 4.24. The molecule has 0 bridgehead atoms. The fourth-order valence-electron chi connectivity index (χ4n) is 3.19. The Labute approximate surface area is 201 Å². The zero-order chi connectivity index (χ0) is 25.0. The van der Waals surface area contributed by atoms with Crippen LogP contribution in [-0.4, -0.2) is 49.5 Å². The lowest BCUT2D eigenvalue weighted by Crippen LogP contribution is -2.54. The number of nitrogens with one attached hydrogen (secondary N) is 1. The van der Waals surface area contributed by atoms with Gasteiger partial charge in [-0.05, 0) is 58.4 Å².